The molecule has 1 aromatic heterocycles. The number of carboxylic acid groups (broad SMARTS) is 1. The van der Waals surface area contributed by atoms with Crippen LogP contribution in [0.25, 0.3) is 0 Å². The number of hydrogen-bond donors (Lipinski definition) is 3. The number of benzene rings is 1. The Kier molecular flexibility index (Phi) is 8.11. The molecular formula is C28H37N5O4S. The lowest BCUT2D eigenvalue weighted by Crippen LogP contribution is -2.54. The Morgan fingerprint density at radius 3 is 2.45 bits per heavy atom. The smallest absolute Gasteiger partial charge is 0.354 e. The Morgan fingerprint density at radius 2 is 1.87 bits per heavy atom. The van der Waals surface area contributed by atoms with E-state index in [-0.39, 0.29) is 17.2 Å². The van der Waals surface area contributed by atoms with E-state index in [0.29, 0.717) is 41.7 Å². The van der Waals surface area contributed by atoms with Gasteiger partial charge in [-0.2, -0.15) is 0 Å². The highest BCUT2D eigenvalue weighted by molar-refractivity contribution is 7.85. The van der Waals surface area contributed by atoms with Crippen molar-refractivity contribution >= 4 is 39.7 Å². The first kappa shape index (κ1) is 26.8. The van der Waals surface area contributed by atoms with Crippen LogP contribution in [0.2, 0.25) is 0 Å². The van der Waals surface area contributed by atoms with Crippen LogP contribution < -0.4 is 10.2 Å². The monoisotopic (exact) mass is 539 g/mol. The van der Waals surface area contributed by atoms with Gasteiger partial charge in [0.15, 0.2) is 5.69 Å². The normalized spacial score (nSPS) is 20.6. The van der Waals surface area contributed by atoms with Crippen LogP contribution in [-0.4, -0.2) is 87.8 Å². The molecule has 1 aliphatic carbocycles. The molecule has 9 nitrogen and oxygen atoms in total. The maximum atomic E-state index is 12.1. The SMILES string of the molecule is COC1(CN2CCS(=O)CC2)CCN(c2cc(C(=O)O)nc(Nc3ccccc3)c2C(=N)C2CCC2)CC1. The summed E-state index contributed by atoms with van der Waals surface area (Å²) < 4.78 is 17.9. The van der Waals surface area contributed by atoms with E-state index in [2.05, 4.69) is 20.1 Å². The molecule has 1 saturated carbocycles. The van der Waals surface area contributed by atoms with Gasteiger partial charge in [0.05, 0.1) is 16.9 Å². The average Bonchev–Trinajstić information content (AvgIpc) is 2.89. The number of hydrogen-bond acceptors (Lipinski definition) is 8. The van der Waals surface area contributed by atoms with Gasteiger partial charge in [0.25, 0.3) is 0 Å². The number of carboxylic acids is 1. The third kappa shape index (κ3) is 5.77. The van der Waals surface area contributed by atoms with Crippen LogP contribution in [0.3, 0.4) is 0 Å². The van der Waals surface area contributed by atoms with Crippen LogP contribution in [0, 0.1) is 11.3 Å². The molecule has 38 heavy (non-hydrogen) atoms. The van der Waals surface area contributed by atoms with Gasteiger partial charge in [-0.25, -0.2) is 9.78 Å². The van der Waals surface area contributed by atoms with Crippen molar-refractivity contribution in [1.82, 2.24) is 9.88 Å². The Labute approximate surface area is 226 Å². The number of nitrogens with zero attached hydrogens (tertiary/aromatic N) is 3. The molecular weight excluding hydrogens is 502 g/mol. The van der Waals surface area contributed by atoms with Crippen LogP contribution in [0.5, 0.6) is 0 Å². The molecule has 1 aromatic carbocycles. The van der Waals surface area contributed by atoms with E-state index in [4.69, 9.17) is 10.1 Å². The summed E-state index contributed by atoms with van der Waals surface area (Å²) in [6.45, 7) is 3.82. The van der Waals surface area contributed by atoms with E-state index < -0.39 is 16.8 Å². The fourth-order valence-corrected chi connectivity index (χ4v) is 6.76. The molecule has 0 spiro atoms. The molecule has 0 atom stereocenters. The molecule has 0 bridgehead atoms. The summed E-state index contributed by atoms with van der Waals surface area (Å²) >= 11 is 0. The zero-order valence-electron chi connectivity index (χ0n) is 21.9. The molecule has 2 saturated heterocycles. The number of ether oxygens (including phenoxy) is 1. The summed E-state index contributed by atoms with van der Waals surface area (Å²) in [5.74, 6) is 0.924. The van der Waals surface area contributed by atoms with Crippen molar-refractivity contribution in [2.45, 2.75) is 37.7 Å². The van der Waals surface area contributed by atoms with Crippen molar-refractivity contribution in [3.05, 3.63) is 47.7 Å². The second kappa shape index (κ2) is 11.5. The van der Waals surface area contributed by atoms with E-state index >= 15 is 0 Å². The molecule has 5 rings (SSSR count). The molecule has 0 unspecified atom stereocenters. The fourth-order valence-electron chi connectivity index (χ4n) is 5.63. The lowest BCUT2D eigenvalue weighted by Gasteiger charge is -2.45. The van der Waals surface area contributed by atoms with Gasteiger partial charge in [0, 0.05) is 79.5 Å². The van der Waals surface area contributed by atoms with E-state index in [1.165, 1.54) is 0 Å². The second-order valence-corrected chi connectivity index (χ2v) is 12.3. The maximum absolute atomic E-state index is 12.1. The number of rotatable bonds is 9. The number of pyridine rings is 1. The van der Waals surface area contributed by atoms with Gasteiger partial charge in [-0.15, -0.1) is 0 Å². The van der Waals surface area contributed by atoms with Crippen molar-refractivity contribution in [2.75, 3.05) is 61.6 Å². The van der Waals surface area contributed by atoms with Gasteiger partial charge < -0.3 is 25.5 Å². The van der Waals surface area contributed by atoms with Gasteiger partial charge in [0.2, 0.25) is 0 Å². The molecule has 3 heterocycles. The number of nitrogens with one attached hydrogen (secondary N) is 2. The molecule has 204 valence electrons. The summed E-state index contributed by atoms with van der Waals surface area (Å²) in [6, 6.07) is 11.2. The molecule has 3 fully saturated rings. The number of methoxy groups -OCH3 is 1. The average molecular weight is 540 g/mol. The Bertz CT molecular complexity index is 1190. The van der Waals surface area contributed by atoms with E-state index in [9.17, 15) is 14.1 Å². The summed E-state index contributed by atoms with van der Waals surface area (Å²) in [6.07, 6.45) is 4.61. The van der Waals surface area contributed by atoms with Crippen molar-refractivity contribution in [3.63, 3.8) is 0 Å². The molecule has 3 aliphatic rings. The molecule has 2 aromatic rings. The minimum absolute atomic E-state index is 0.0338. The summed E-state index contributed by atoms with van der Waals surface area (Å²) in [7, 11) is 1.06. The number of anilines is 3. The molecule has 0 radical (unpaired) electrons. The van der Waals surface area contributed by atoms with Crippen molar-refractivity contribution in [1.29, 1.82) is 5.41 Å². The lowest BCUT2D eigenvalue weighted by atomic mass is 9.78. The van der Waals surface area contributed by atoms with Crippen LogP contribution in [-0.2, 0) is 15.5 Å². The van der Waals surface area contributed by atoms with E-state index in [1.807, 2.05) is 30.3 Å². The number of aromatic carboxylic acids is 1. The first-order chi connectivity index (χ1) is 18.4. The highest BCUT2D eigenvalue weighted by Crippen LogP contribution is 2.39. The van der Waals surface area contributed by atoms with Crippen LogP contribution in [0.4, 0.5) is 17.2 Å². The largest absolute Gasteiger partial charge is 0.477 e. The van der Waals surface area contributed by atoms with E-state index in [0.717, 1.165) is 63.1 Å². The third-order valence-electron chi connectivity index (χ3n) is 8.27. The minimum Gasteiger partial charge on any atom is -0.477 e. The quantitative estimate of drug-likeness (QED) is 0.413. The molecule has 10 heteroatoms. The van der Waals surface area contributed by atoms with Gasteiger partial charge in [-0.3, -0.25) is 9.11 Å². The highest BCUT2D eigenvalue weighted by Gasteiger charge is 2.39. The first-order valence-electron chi connectivity index (χ1n) is 13.4. The summed E-state index contributed by atoms with van der Waals surface area (Å²) in [5, 5.41) is 22.3. The van der Waals surface area contributed by atoms with Crippen molar-refractivity contribution in [2.24, 2.45) is 5.92 Å². The standard InChI is InChI=1S/C28H37N5O4S/c1-37-28(19-32-14-16-38(36)17-15-32)10-12-33(13-11-28)23-18-22(27(34)35)31-26(30-21-8-3-2-4-9-21)24(23)25(29)20-6-5-7-20/h2-4,8-9,18,20,29H,5-7,10-17,19H2,1H3,(H,30,31)(H,34,35). The fraction of sp³-hybridized carbons (Fsp3) is 0.536. The van der Waals surface area contributed by atoms with Gasteiger partial charge in [-0.1, -0.05) is 24.6 Å². The number of aromatic nitrogens is 1. The van der Waals surface area contributed by atoms with Gasteiger partial charge in [0.1, 0.15) is 5.82 Å². The van der Waals surface area contributed by atoms with Gasteiger partial charge >= 0.3 is 5.97 Å². The van der Waals surface area contributed by atoms with Crippen LogP contribution >= 0.6 is 0 Å². The lowest BCUT2D eigenvalue weighted by molar-refractivity contribution is -0.0519. The minimum atomic E-state index is -1.09. The summed E-state index contributed by atoms with van der Waals surface area (Å²) in [5.41, 5.74) is 2.45. The molecule has 0 amide bonds. The summed E-state index contributed by atoms with van der Waals surface area (Å²) in [4.78, 5) is 21.1. The second-order valence-electron chi connectivity index (χ2n) is 10.6. The molecule has 3 N–H and O–H groups in total. The van der Waals surface area contributed by atoms with Crippen LogP contribution in [0.15, 0.2) is 36.4 Å². The van der Waals surface area contributed by atoms with Crippen LogP contribution in [0.1, 0.15) is 48.2 Å². The first-order valence-corrected chi connectivity index (χ1v) is 14.9. The van der Waals surface area contributed by atoms with Crippen molar-refractivity contribution in [3.8, 4) is 0 Å². The predicted octanol–water partition coefficient (Wildman–Crippen LogP) is 3.74. The Morgan fingerprint density at radius 1 is 1.18 bits per heavy atom. The Balaban J connectivity index is 1.45. The number of piperidine rings is 1. The van der Waals surface area contributed by atoms with Crippen molar-refractivity contribution < 1.29 is 18.8 Å². The Hall–Kier alpha value is -2.82. The molecule has 2 aliphatic heterocycles. The third-order valence-corrected chi connectivity index (χ3v) is 9.54. The predicted molar refractivity (Wildman–Crippen MR) is 151 cm³/mol. The zero-order valence-corrected chi connectivity index (χ0v) is 22.8. The van der Waals surface area contributed by atoms with Gasteiger partial charge in [-0.05, 0) is 43.9 Å². The maximum Gasteiger partial charge on any atom is 0.354 e. The zero-order chi connectivity index (χ0) is 26.7. The number of carbonyl (C=O) groups is 1. The highest BCUT2D eigenvalue weighted by atomic mass is 32.2. The topological polar surface area (TPSA) is 119 Å². The number of para-hydroxylation sites is 1. The van der Waals surface area contributed by atoms with E-state index in [1.54, 1.807) is 13.2 Å².